The molecular weight excluding hydrogens is 349 g/mol. The van der Waals surface area contributed by atoms with Gasteiger partial charge in [0, 0.05) is 23.5 Å². The molecule has 130 valence electrons. The molecule has 0 unspecified atom stereocenters. The van der Waals surface area contributed by atoms with Crippen molar-refractivity contribution >= 4 is 44.0 Å². The van der Waals surface area contributed by atoms with Gasteiger partial charge < -0.3 is 10.6 Å². The van der Waals surface area contributed by atoms with Gasteiger partial charge in [-0.2, -0.15) is 4.37 Å². The van der Waals surface area contributed by atoms with Gasteiger partial charge >= 0.3 is 0 Å². The molecule has 1 aliphatic rings. The summed E-state index contributed by atoms with van der Waals surface area (Å²) in [6.07, 6.45) is 4.30. The van der Waals surface area contributed by atoms with Gasteiger partial charge in [-0.1, -0.05) is 6.07 Å². The molecule has 4 aromatic rings. The fourth-order valence-corrected chi connectivity index (χ4v) is 4.18. The van der Waals surface area contributed by atoms with E-state index in [1.807, 2.05) is 12.1 Å². The minimum Gasteiger partial charge on any atom is -0.337 e. The van der Waals surface area contributed by atoms with Crippen LogP contribution in [0.15, 0.2) is 42.9 Å². The number of nitrogens with one attached hydrogen (secondary N) is 2. The van der Waals surface area contributed by atoms with Crippen molar-refractivity contribution in [1.82, 2.24) is 19.7 Å². The number of anilines is 2. The summed E-state index contributed by atoms with van der Waals surface area (Å²) in [5, 5.41) is 8.26. The number of nitrogens with zero attached hydrogens (tertiary/aromatic N) is 3. The van der Waals surface area contributed by atoms with Gasteiger partial charge in [0.1, 0.15) is 12.1 Å². The maximum absolute atomic E-state index is 14.8. The Bertz CT molecular complexity index is 1100. The summed E-state index contributed by atoms with van der Waals surface area (Å²) in [5.74, 6) is 0.816. The first-order valence-corrected chi connectivity index (χ1v) is 9.32. The molecular formula is C19H16FN5S. The number of benzene rings is 2. The highest BCUT2D eigenvalue weighted by atomic mass is 32.1. The molecule has 1 saturated heterocycles. The molecule has 26 heavy (non-hydrogen) atoms. The van der Waals surface area contributed by atoms with Crippen molar-refractivity contribution in [3.63, 3.8) is 0 Å². The molecule has 0 amide bonds. The van der Waals surface area contributed by atoms with Crippen molar-refractivity contribution in [3.05, 3.63) is 54.2 Å². The standard InChI is InChI=1S/C19H16FN5S/c20-17-16(4-2-13-9-24-26-18(13)17)25-19-14-7-11(12-5-6-21-8-12)1-3-15(14)22-10-23-19/h1-4,7,9-10,12,21H,5-6,8H2,(H,22,23,25)/t12-/m1/s1. The van der Waals surface area contributed by atoms with E-state index in [2.05, 4.69) is 37.1 Å². The fourth-order valence-electron chi connectivity index (χ4n) is 3.49. The Morgan fingerprint density at radius 2 is 2.15 bits per heavy atom. The Morgan fingerprint density at radius 3 is 3.04 bits per heavy atom. The molecule has 0 bridgehead atoms. The largest absolute Gasteiger partial charge is 0.337 e. The molecule has 5 nitrogen and oxygen atoms in total. The number of fused-ring (bicyclic) bond motifs is 2. The average molecular weight is 365 g/mol. The van der Waals surface area contributed by atoms with Crippen LogP contribution >= 0.6 is 11.5 Å². The lowest BCUT2D eigenvalue weighted by Crippen LogP contribution is -2.08. The first-order chi connectivity index (χ1) is 12.8. The zero-order valence-corrected chi connectivity index (χ0v) is 14.7. The van der Waals surface area contributed by atoms with Gasteiger partial charge in [-0.25, -0.2) is 14.4 Å². The topological polar surface area (TPSA) is 62.7 Å². The second kappa shape index (κ2) is 6.26. The van der Waals surface area contributed by atoms with E-state index in [4.69, 9.17) is 0 Å². The summed E-state index contributed by atoms with van der Waals surface area (Å²) in [5.41, 5.74) is 2.50. The second-order valence-electron chi connectivity index (χ2n) is 6.48. The molecule has 0 radical (unpaired) electrons. The van der Waals surface area contributed by atoms with Crippen molar-refractivity contribution in [1.29, 1.82) is 0 Å². The Kier molecular flexibility index (Phi) is 3.76. The van der Waals surface area contributed by atoms with Crippen LogP contribution in [0.4, 0.5) is 15.9 Å². The predicted molar refractivity (Wildman–Crippen MR) is 103 cm³/mol. The lowest BCUT2D eigenvalue weighted by atomic mass is 9.97. The monoisotopic (exact) mass is 365 g/mol. The lowest BCUT2D eigenvalue weighted by Gasteiger charge is -2.13. The van der Waals surface area contributed by atoms with Crippen LogP contribution in [-0.2, 0) is 0 Å². The molecule has 7 heteroatoms. The van der Waals surface area contributed by atoms with Crippen molar-refractivity contribution in [3.8, 4) is 0 Å². The van der Waals surface area contributed by atoms with E-state index in [1.54, 1.807) is 12.3 Å². The molecule has 2 aromatic carbocycles. The van der Waals surface area contributed by atoms with Crippen molar-refractivity contribution in [2.24, 2.45) is 0 Å². The summed E-state index contributed by atoms with van der Waals surface area (Å²) >= 11 is 1.16. The third-order valence-corrected chi connectivity index (χ3v) is 5.72. The number of rotatable bonds is 3. The van der Waals surface area contributed by atoms with Crippen LogP contribution in [0.25, 0.3) is 21.0 Å². The van der Waals surface area contributed by atoms with Crippen LogP contribution in [0, 0.1) is 5.82 Å². The minimum absolute atomic E-state index is 0.298. The number of halogens is 1. The van der Waals surface area contributed by atoms with E-state index in [1.165, 1.54) is 11.9 Å². The lowest BCUT2D eigenvalue weighted by molar-refractivity contribution is 0.645. The SMILES string of the molecule is Fc1c(Nc2ncnc3ccc([C@@H]4CCNC4)cc23)ccc2cnsc12. The van der Waals surface area contributed by atoms with Crippen molar-refractivity contribution < 1.29 is 4.39 Å². The summed E-state index contributed by atoms with van der Waals surface area (Å²) in [7, 11) is 0. The number of aromatic nitrogens is 3. The third kappa shape index (κ3) is 2.60. The Balaban J connectivity index is 1.58. The predicted octanol–water partition coefficient (Wildman–Crippen LogP) is 4.20. The van der Waals surface area contributed by atoms with E-state index in [9.17, 15) is 4.39 Å². The molecule has 1 atom stereocenters. The van der Waals surface area contributed by atoms with Crippen LogP contribution in [-0.4, -0.2) is 27.4 Å². The second-order valence-corrected chi connectivity index (χ2v) is 7.29. The first-order valence-electron chi connectivity index (χ1n) is 8.55. The molecule has 1 fully saturated rings. The van der Waals surface area contributed by atoms with Crippen LogP contribution < -0.4 is 10.6 Å². The van der Waals surface area contributed by atoms with Gasteiger partial charge in [-0.3, -0.25) is 0 Å². The van der Waals surface area contributed by atoms with Crippen LogP contribution in [0.1, 0.15) is 17.9 Å². The number of hydrogen-bond donors (Lipinski definition) is 2. The zero-order valence-electron chi connectivity index (χ0n) is 13.9. The summed E-state index contributed by atoms with van der Waals surface area (Å²) in [6, 6.07) is 9.85. The number of hydrogen-bond acceptors (Lipinski definition) is 6. The maximum atomic E-state index is 14.8. The molecule has 2 aromatic heterocycles. The van der Waals surface area contributed by atoms with Gasteiger partial charge in [0.05, 0.1) is 15.9 Å². The molecule has 0 spiro atoms. The van der Waals surface area contributed by atoms with E-state index < -0.39 is 0 Å². The highest BCUT2D eigenvalue weighted by Crippen LogP contribution is 2.32. The van der Waals surface area contributed by atoms with E-state index in [0.29, 0.717) is 22.1 Å². The fraction of sp³-hybridized carbons (Fsp3) is 0.211. The normalized spacial score (nSPS) is 17.2. The Hall–Kier alpha value is -2.64. The van der Waals surface area contributed by atoms with E-state index in [0.717, 1.165) is 47.3 Å². The van der Waals surface area contributed by atoms with Gasteiger partial charge in [0.25, 0.3) is 0 Å². The minimum atomic E-state index is -0.298. The molecule has 0 aliphatic carbocycles. The average Bonchev–Trinajstić information content (AvgIpc) is 3.36. The zero-order chi connectivity index (χ0) is 17.5. The Labute approximate surface area is 153 Å². The van der Waals surface area contributed by atoms with Gasteiger partial charge in [-0.15, -0.1) is 0 Å². The first kappa shape index (κ1) is 15.6. The molecule has 0 saturated carbocycles. The van der Waals surface area contributed by atoms with Gasteiger partial charge in [0.2, 0.25) is 0 Å². The molecule has 2 N–H and O–H groups in total. The summed E-state index contributed by atoms with van der Waals surface area (Å²) in [4.78, 5) is 8.71. The van der Waals surface area contributed by atoms with Crippen LogP contribution in [0.2, 0.25) is 0 Å². The molecule has 5 rings (SSSR count). The van der Waals surface area contributed by atoms with Crippen molar-refractivity contribution in [2.75, 3.05) is 18.4 Å². The summed E-state index contributed by atoms with van der Waals surface area (Å²) in [6.45, 7) is 2.03. The quantitative estimate of drug-likeness (QED) is 0.570. The molecule has 1 aliphatic heterocycles. The maximum Gasteiger partial charge on any atom is 0.166 e. The van der Waals surface area contributed by atoms with Crippen LogP contribution in [0.3, 0.4) is 0 Å². The van der Waals surface area contributed by atoms with E-state index in [-0.39, 0.29) is 5.82 Å². The highest BCUT2D eigenvalue weighted by molar-refractivity contribution is 7.13. The third-order valence-electron chi connectivity index (χ3n) is 4.91. The Morgan fingerprint density at radius 1 is 1.19 bits per heavy atom. The highest BCUT2D eigenvalue weighted by Gasteiger charge is 2.18. The smallest absolute Gasteiger partial charge is 0.166 e. The van der Waals surface area contributed by atoms with Gasteiger partial charge in [-0.05, 0) is 60.2 Å². The summed E-state index contributed by atoms with van der Waals surface area (Å²) < 4.78 is 19.4. The van der Waals surface area contributed by atoms with Gasteiger partial charge in [0.15, 0.2) is 5.82 Å². The van der Waals surface area contributed by atoms with E-state index >= 15 is 0 Å². The van der Waals surface area contributed by atoms with Crippen molar-refractivity contribution in [2.45, 2.75) is 12.3 Å². The van der Waals surface area contributed by atoms with Crippen LogP contribution in [0.5, 0.6) is 0 Å². The molecule has 3 heterocycles.